The van der Waals surface area contributed by atoms with E-state index in [1.165, 1.54) is 0 Å². The van der Waals surface area contributed by atoms with E-state index in [0.29, 0.717) is 6.54 Å². The van der Waals surface area contributed by atoms with E-state index in [-0.39, 0.29) is 41.1 Å². The second-order valence-corrected chi connectivity index (χ2v) is 8.26. The van der Waals surface area contributed by atoms with Crippen LogP contribution < -0.4 is 5.32 Å². The summed E-state index contributed by atoms with van der Waals surface area (Å²) in [5.41, 5.74) is 1.74. The quantitative estimate of drug-likeness (QED) is 0.615. The highest BCUT2D eigenvalue weighted by atomic mass is 32.2. The van der Waals surface area contributed by atoms with Gasteiger partial charge in [0.25, 0.3) is 0 Å². The number of benzene rings is 1. The van der Waals surface area contributed by atoms with Crippen molar-refractivity contribution in [2.24, 2.45) is 0 Å². The molecule has 0 radical (unpaired) electrons. The van der Waals surface area contributed by atoms with Gasteiger partial charge in [0, 0.05) is 19.0 Å². The van der Waals surface area contributed by atoms with Gasteiger partial charge >= 0.3 is 0 Å². The first kappa shape index (κ1) is 19.7. The Balaban J connectivity index is 1.51. The zero-order chi connectivity index (χ0) is 20.0. The molecule has 3 aromatic rings. The van der Waals surface area contributed by atoms with Gasteiger partial charge in [-0.25, -0.2) is 8.42 Å². The third-order valence-corrected chi connectivity index (χ3v) is 5.60. The second-order valence-electron chi connectivity index (χ2n) is 6.27. The van der Waals surface area contributed by atoms with Gasteiger partial charge in [-0.3, -0.25) is 9.78 Å². The van der Waals surface area contributed by atoms with E-state index in [9.17, 15) is 13.2 Å². The average molecular weight is 400 g/mol. The lowest BCUT2D eigenvalue weighted by Gasteiger charge is -2.03. The summed E-state index contributed by atoms with van der Waals surface area (Å²) in [6.45, 7) is 2.22. The van der Waals surface area contributed by atoms with Crippen molar-refractivity contribution in [1.29, 1.82) is 0 Å². The van der Waals surface area contributed by atoms with Crippen molar-refractivity contribution in [3.63, 3.8) is 0 Å². The van der Waals surface area contributed by atoms with E-state index in [4.69, 9.17) is 4.52 Å². The van der Waals surface area contributed by atoms with Crippen LogP contribution in [0.15, 0.2) is 58.1 Å². The molecular weight excluding hydrogens is 380 g/mol. The number of hydrogen-bond donors (Lipinski definition) is 1. The fourth-order valence-corrected chi connectivity index (χ4v) is 3.62. The molecule has 0 unspecified atom stereocenters. The van der Waals surface area contributed by atoms with E-state index in [0.717, 1.165) is 11.3 Å². The zero-order valence-corrected chi connectivity index (χ0v) is 16.1. The molecule has 0 aliphatic carbocycles. The minimum Gasteiger partial charge on any atom is -0.350 e. The number of aromatic nitrogens is 3. The van der Waals surface area contributed by atoms with Gasteiger partial charge in [-0.15, -0.1) is 0 Å². The molecule has 0 saturated heterocycles. The summed E-state index contributed by atoms with van der Waals surface area (Å²) in [6, 6.07) is 12.0. The fourth-order valence-electron chi connectivity index (χ4n) is 2.45. The highest BCUT2D eigenvalue weighted by Crippen LogP contribution is 2.16. The van der Waals surface area contributed by atoms with Crippen LogP contribution in [0.1, 0.15) is 29.4 Å². The van der Waals surface area contributed by atoms with E-state index in [2.05, 4.69) is 20.4 Å². The molecule has 0 bridgehead atoms. The summed E-state index contributed by atoms with van der Waals surface area (Å²) in [6.07, 6.45) is 2.04. The van der Waals surface area contributed by atoms with Crippen LogP contribution in [0.3, 0.4) is 0 Å². The monoisotopic (exact) mass is 400 g/mol. The van der Waals surface area contributed by atoms with E-state index >= 15 is 0 Å². The summed E-state index contributed by atoms with van der Waals surface area (Å²) in [5.74, 6) is -0.241. The van der Waals surface area contributed by atoms with E-state index < -0.39 is 9.84 Å². The van der Waals surface area contributed by atoms with Crippen molar-refractivity contribution in [1.82, 2.24) is 20.4 Å². The van der Waals surface area contributed by atoms with Crippen LogP contribution in [0, 0.1) is 6.92 Å². The molecule has 0 atom stereocenters. The zero-order valence-electron chi connectivity index (χ0n) is 15.3. The van der Waals surface area contributed by atoms with Crippen LogP contribution in [0.2, 0.25) is 0 Å². The molecular formula is C19H20N4O4S. The fraction of sp³-hybridized carbons (Fsp3) is 0.263. The molecule has 28 heavy (non-hydrogen) atoms. The third kappa shape index (κ3) is 5.46. The first-order valence-electron chi connectivity index (χ1n) is 8.70. The number of rotatable bonds is 8. The molecule has 9 heteroatoms. The highest BCUT2D eigenvalue weighted by Gasteiger charge is 2.19. The number of carbonyl (C=O) groups excluding carboxylic acids is 1. The Hall–Kier alpha value is -3.07. The molecule has 3 rings (SSSR count). The predicted molar refractivity (Wildman–Crippen MR) is 101 cm³/mol. The van der Waals surface area contributed by atoms with Crippen molar-refractivity contribution in [2.45, 2.75) is 37.0 Å². The molecule has 2 aromatic heterocycles. The first-order chi connectivity index (χ1) is 13.4. The predicted octanol–water partition coefficient (Wildman–Crippen LogP) is 2.00. The molecule has 146 valence electrons. The molecule has 0 saturated carbocycles. The molecule has 1 aromatic carbocycles. The molecule has 0 aliphatic heterocycles. The van der Waals surface area contributed by atoms with Crippen molar-refractivity contribution in [3.05, 3.63) is 71.6 Å². The highest BCUT2D eigenvalue weighted by molar-refractivity contribution is 7.90. The molecule has 0 spiro atoms. The maximum absolute atomic E-state index is 12.4. The van der Waals surface area contributed by atoms with Crippen LogP contribution in [0.5, 0.6) is 0 Å². The number of aryl methyl sites for hydroxylation is 2. The normalized spacial score (nSPS) is 11.3. The number of sulfone groups is 1. The molecule has 0 fully saturated rings. The summed E-state index contributed by atoms with van der Waals surface area (Å²) in [5, 5.41) is 6.46. The minimum absolute atomic E-state index is 0.0736. The van der Waals surface area contributed by atoms with Crippen LogP contribution in [-0.2, 0) is 33.4 Å². The minimum atomic E-state index is -3.56. The SMILES string of the molecule is Cc1ccc(S(=O)(=O)Cc2noc(CCC(=O)NCc3ccccn3)n2)cc1. The maximum Gasteiger partial charge on any atom is 0.227 e. The molecule has 8 nitrogen and oxygen atoms in total. The Kier molecular flexibility index (Phi) is 6.15. The van der Waals surface area contributed by atoms with Crippen molar-refractivity contribution in [2.75, 3.05) is 0 Å². The van der Waals surface area contributed by atoms with Gasteiger partial charge < -0.3 is 9.84 Å². The van der Waals surface area contributed by atoms with Crippen LogP contribution in [-0.4, -0.2) is 29.4 Å². The Morgan fingerprint density at radius 2 is 1.93 bits per heavy atom. The van der Waals surface area contributed by atoms with E-state index in [1.54, 1.807) is 36.5 Å². The number of nitrogens with zero attached hydrogens (tertiary/aromatic N) is 3. The number of hydrogen-bond acceptors (Lipinski definition) is 7. The number of amides is 1. The van der Waals surface area contributed by atoms with E-state index in [1.807, 2.05) is 19.1 Å². The van der Waals surface area contributed by atoms with Gasteiger partial charge in [-0.2, -0.15) is 4.98 Å². The molecule has 2 heterocycles. The second kappa shape index (κ2) is 8.75. The lowest BCUT2D eigenvalue weighted by molar-refractivity contribution is -0.121. The topological polar surface area (TPSA) is 115 Å². The van der Waals surface area contributed by atoms with Gasteiger partial charge in [0.15, 0.2) is 15.7 Å². The van der Waals surface area contributed by atoms with Crippen LogP contribution in [0.25, 0.3) is 0 Å². The molecule has 1 amide bonds. The van der Waals surface area contributed by atoms with Crippen molar-refractivity contribution >= 4 is 15.7 Å². The van der Waals surface area contributed by atoms with Crippen molar-refractivity contribution < 1.29 is 17.7 Å². The molecule has 0 aliphatic rings. The average Bonchev–Trinajstić information content (AvgIpc) is 3.12. The van der Waals surface area contributed by atoms with Crippen LogP contribution >= 0.6 is 0 Å². The standard InChI is InChI=1S/C19H20N4O4S/c1-14-5-7-16(8-6-14)28(25,26)13-17-22-19(27-23-17)10-9-18(24)21-12-15-4-2-3-11-20-15/h2-8,11H,9-10,12-13H2,1H3,(H,21,24). The third-order valence-electron chi connectivity index (χ3n) is 3.97. The Morgan fingerprint density at radius 1 is 1.14 bits per heavy atom. The Morgan fingerprint density at radius 3 is 2.64 bits per heavy atom. The summed E-state index contributed by atoms with van der Waals surface area (Å²) >= 11 is 0. The van der Waals surface area contributed by atoms with Gasteiger partial charge in [0.1, 0.15) is 5.75 Å². The van der Waals surface area contributed by atoms with Crippen LogP contribution in [0.4, 0.5) is 0 Å². The Labute approximate surface area is 162 Å². The lowest BCUT2D eigenvalue weighted by atomic mass is 10.2. The Bertz CT molecular complexity index is 1030. The van der Waals surface area contributed by atoms with Gasteiger partial charge in [0.05, 0.1) is 17.1 Å². The number of pyridine rings is 1. The van der Waals surface area contributed by atoms with Gasteiger partial charge in [-0.05, 0) is 31.2 Å². The van der Waals surface area contributed by atoms with Gasteiger partial charge in [0.2, 0.25) is 11.8 Å². The molecule has 1 N–H and O–H groups in total. The van der Waals surface area contributed by atoms with Crippen molar-refractivity contribution in [3.8, 4) is 0 Å². The smallest absolute Gasteiger partial charge is 0.227 e. The number of nitrogens with one attached hydrogen (secondary N) is 1. The maximum atomic E-state index is 12.4. The number of carbonyl (C=O) groups is 1. The largest absolute Gasteiger partial charge is 0.350 e. The van der Waals surface area contributed by atoms with Gasteiger partial charge in [-0.1, -0.05) is 28.9 Å². The summed E-state index contributed by atoms with van der Waals surface area (Å²) in [7, 11) is -3.56. The lowest BCUT2D eigenvalue weighted by Crippen LogP contribution is -2.23. The summed E-state index contributed by atoms with van der Waals surface area (Å²) < 4.78 is 29.9. The first-order valence-corrected chi connectivity index (χ1v) is 10.3. The summed E-state index contributed by atoms with van der Waals surface area (Å²) in [4.78, 5) is 20.3.